The third-order valence-corrected chi connectivity index (χ3v) is 5.25. The second-order valence-electron chi connectivity index (χ2n) is 7.58. The van der Waals surface area contributed by atoms with Gasteiger partial charge in [0.05, 0.1) is 5.57 Å². The number of nitrogens with zero attached hydrogens (tertiary/aromatic N) is 3. The van der Waals surface area contributed by atoms with E-state index in [4.69, 9.17) is 0 Å². The van der Waals surface area contributed by atoms with Crippen molar-refractivity contribution in [2.75, 3.05) is 5.32 Å². The molecule has 1 amide bonds. The van der Waals surface area contributed by atoms with Crippen LogP contribution in [0.25, 0.3) is 0 Å². The summed E-state index contributed by atoms with van der Waals surface area (Å²) in [7, 11) is 0. The van der Waals surface area contributed by atoms with Crippen molar-refractivity contribution in [2.45, 2.75) is 39.3 Å². The fraction of sp³-hybridized carbons (Fsp3) is 0.261. The number of amides is 1. The van der Waals surface area contributed by atoms with Crippen molar-refractivity contribution in [3.05, 3.63) is 88.9 Å². The minimum atomic E-state index is -0.328. The molecule has 1 unspecified atom stereocenters. The maximum Gasteiger partial charge on any atom is 0.251 e. The second kappa shape index (κ2) is 7.91. The van der Waals surface area contributed by atoms with Gasteiger partial charge < -0.3 is 10.6 Å². The van der Waals surface area contributed by atoms with Gasteiger partial charge in [-0.25, -0.2) is 4.68 Å². The monoisotopic (exact) mass is 387 g/mol. The highest BCUT2D eigenvalue weighted by molar-refractivity contribution is 5.96. The van der Waals surface area contributed by atoms with Crippen LogP contribution in [-0.2, 0) is 11.3 Å². The van der Waals surface area contributed by atoms with E-state index in [-0.39, 0.29) is 11.9 Å². The van der Waals surface area contributed by atoms with E-state index >= 15 is 0 Å². The average Bonchev–Trinajstić information content (AvgIpc) is 3.20. The number of aromatic nitrogens is 3. The molecule has 6 heteroatoms. The number of nitrogens with one attached hydrogen (secondary N) is 2. The summed E-state index contributed by atoms with van der Waals surface area (Å²) in [5.41, 5.74) is 4.76. The number of anilines is 1. The van der Waals surface area contributed by atoms with E-state index in [0.29, 0.717) is 24.0 Å². The highest BCUT2D eigenvalue weighted by Crippen LogP contribution is 2.35. The molecule has 0 saturated carbocycles. The smallest absolute Gasteiger partial charge is 0.251 e. The zero-order chi connectivity index (χ0) is 20.4. The highest BCUT2D eigenvalue weighted by Gasteiger charge is 2.33. The molecule has 1 aromatic heterocycles. The second-order valence-corrected chi connectivity index (χ2v) is 7.58. The van der Waals surface area contributed by atoms with Crippen molar-refractivity contribution >= 4 is 11.9 Å². The summed E-state index contributed by atoms with van der Waals surface area (Å²) in [6.07, 6.45) is 1.51. The molecule has 0 fully saturated rings. The van der Waals surface area contributed by atoms with Crippen LogP contribution >= 0.6 is 0 Å². The zero-order valence-electron chi connectivity index (χ0n) is 16.9. The van der Waals surface area contributed by atoms with Crippen LogP contribution in [-0.4, -0.2) is 20.7 Å². The van der Waals surface area contributed by atoms with Gasteiger partial charge in [-0.2, -0.15) is 10.1 Å². The lowest BCUT2D eigenvalue weighted by molar-refractivity contribution is -0.118. The quantitative estimate of drug-likeness (QED) is 0.694. The number of benzene rings is 2. The predicted molar refractivity (Wildman–Crippen MR) is 113 cm³/mol. The van der Waals surface area contributed by atoms with E-state index in [1.807, 2.05) is 37.3 Å². The van der Waals surface area contributed by atoms with Gasteiger partial charge in [0.15, 0.2) is 0 Å². The number of hydrogen-bond donors (Lipinski definition) is 2. The molecule has 1 atom stereocenters. The number of hydrogen-bond acceptors (Lipinski definition) is 4. The predicted octanol–water partition coefficient (Wildman–Crippen LogP) is 4.01. The number of carbonyl (C=O) groups is 1. The van der Waals surface area contributed by atoms with Gasteiger partial charge >= 0.3 is 0 Å². The van der Waals surface area contributed by atoms with Gasteiger partial charge in [-0.3, -0.25) is 4.79 Å². The van der Waals surface area contributed by atoms with E-state index in [1.165, 1.54) is 11.9 Å². The molecule has 2 N–H and O–H groups in total. The minimum Gasteiger partial charge on any atom is -0.348 e. The first-order chi connectivity index (χ1) is 14.0. The summed E-state index contributed by atoms with van der Waals surface area (Å²) in [4.78, 5) is 17.5. The molecule has 0 saturated heterocycles. The topological polar surface area (TPSA) is 71.8 Å². The Labute approximate surface area is 170 Å². The molecule has 0 bridgehead atoms. The van der Waals surface area contributed by atoms with Crippen LogP contribution in [0.15, 0.2) is 72.2 Å². The normalized spacial score (nSPS) is 15.8. The third kappa shape index (κ3) is 3.78. The Morgan fingerprint density at radius 1 is 1.14 bits per heavy atom. The summed E-state index contributed by atoms with van der Waals surface area (Å²) in [6, 6.07) is 18.0. The number of rotatable bonds is 5. The van der Waals surface area contributed by atoms with Gasteiger partial charge in [-0.05, 0) is 29.5 Å². The molecule has 3 aromatic rings. The van der Waals surface area contributed by atoms with Gasteiger partial charge in [-0.15, -0.1) is 0 Å². The van der Waals surface area contributed by atoms with Crippen LogP contribution < -0.4 is 10.6 Å². The fourth-order valence-electron chi connectivity index (χ4n) is 3.63. The maximum atomic E-state index is 13.2. The van der Waals surface area contributed by atoms with E-state index in [1.54, 1.807) is 4.68 Å². The number of carbonyl (C=O) groups excluding carboxylic acids is 1. The van der Waals surface area contributed by atoms with E-state index in [9.17, 15) is 4.79 Å². The summed E-state index contributed by atoms with van der Waals surface area (Å²) in [6.45, 7) is 6.72. The van der Waals surface area contributed by atoms with Crippen molar-refractivity contribution in [2.24, 2.45) is 0 Å². The van der Waals surface area contributed by atoms with Crippen molar-refractivity contribution in [1.82, 2.24) is 20.1 Å². The molecule has 29 heavy (non-hydrogen) atoms. The number of allylic oxidation sites excluding steroid dienone is 1. The van der Waals surface area contributed by atoms with E-state index in [2.05, 4.69) is 58.8 Å². The van der Waals surface area contributed by atoms with Crippen molar-refractivity contribution in [1.29, 1.82) is 0 Å². The lowest BCUT2D eigenvalue weighted by Gasteiger charge is -2.29. The van der Waals surface area contributed by atoms with Gasteiger partial charge in [0.25, 0.3) is 5.91 Å². The molecule has 1 aliphatic heterocycles. The van der Waals surface area contributed by atoms with E-state index in [0.717, 1.165) is 16.8 Å². The summed E-state index contributed by atoms with van der Waals surface area (Å²) < 4.78 is 1.77. The van der Waals surface area contributed by atoms with Gasteiger partial charge in [-0.1, -0.05) is 68.4 Å². The first-order valence-electron chi connectivity index (χ1n) is 9.84. The van der Waals surface area contributed by atoms with Crippen LogP contribution in [0.1, 0.15) is 49.4 Å². The van der Waals surface area contributed by atoms with Crippen LogP contribution in [0, 0.1) is 0 Å². The highest BCUT2D eigenvalue weighted by atomic mass is 16.1. The van der Waals surface area contributed by atoms with Crippen molar-refractivity contribution in [3.63, 3.8) is 0 Å². The lowest BCUT2D eigenvalue weighted by atomic mass is 9.93. The fourth-order valence-corrected chi connectivity index (χ4v) is 3.63. The van der Waals surface area contributed by atoms with Crippen molar-refractivity contribution < 1.29 is 4.79 Å². The summed E-state index contributed by atoms with van der Waals surface area (Å²) >= 11 is 0. The van der Waals surface area contributed by atoms with E-state index < -0.39 is 0 Å². The van der Waals surface area contributed by atoms with Crippen molar-refractivity contribution in [3.8, 4) is 0 Å². The van der Waals surface area contributed by atoms with Gasteiger partial charge in [0, 0.05) is 12.2 Å². The molecule has 4 rings (SSSR count). The molecular formula is C23H25N5O. The lowest BCUT2D eigenvalue weighted by Crippen LogP contribution is -2.34. The standard InChI is InChI=1S/C23H25N5O/c1-15(2)18-9-11-19(12-10-18)21-20(16(3)27-23-25-14-26-28(21)23)22(29)24-13-17-7-5-4-6-8-17/h4-12,14-15,21H,13H2,1-3H3,(H,24,29)(H,25,26,27). The Hall–Kier alpha value is -3.41. The van der Waals surface area contributed by atoms with Crippen LogP contribution in [0.2, 0.25) is 0 Å². The van der Waals surface area contributed by atoms with Crippen LogP contribution in [0.3, 0.4) is 0 Å². The van der Waals surface area contributed by atoms with Crippen LogP contribution in [0.4, 0.5) is 5.95 Å². The average molecular weight is 387 g/mol. The molecule has 1 aliphatic rings. The molecule has 148 valence electrons. The molecule has 0 radical (unpaired) electrons. The molecule has 0 spiro atoms. The molecule has 2 aromatic carbocycles. The Kier molecular flexibility index (Phi) is 5.16. The summed E-state index contributed by atoms with van der Waals surface area (Å²) in [5, 5.41) is 10.6. The first-order valence-corrected chi connectivity index (χ1v) is 9.84. The zero-order valence-corrected chi connectivity index (χ0v) is 16.9. The van der Waals surface area contributed by atoms with Gasteiger partial charge in [0.2, 0.25) is 5.95 Å². The minimum absolute atomic E-state index is 0.113. The Balaban J connectivity index is 1.67. The Morgan fingerprint density at radius 2 is 1.86 bits per heavy atom. The third-order valence-electron chi connectivity index (χ3n) is 5.25. The molecule has 6 nitrogen and oxygen atoms in total. The maximum absolute atomic E-state index is 13.2. The molecule has 0 aliphatic carbocycles. The van der Waals surface area contributed by atoms with Gasteiger partial charge in [0.1, 0.15) is 12.4 Å². The largest absolute Gasteiger partial charge is 0.348 e. The van der Waals surface area contributed by atoms with Crippen LogP contribution in [0.5, 0.6) is 0 Å². The Bertz CT molecular complexity index is 1030. The first kappa shape index (κ1) is 18.9. The number of fused-ring (bicyclic) bond motifs is 1. The summed E-state index contributed by atoms with van der Waals surface area (Å²) in [5.74, 6) is 0.975. The molecule has 2 heterocycles. The molecular weight excluding hydrogens is 362 g/mol. The SMILES string of the molecule is CC1=C(C(=O)NCc2ccccc2)C(c2ccc(C(C)C)cc2)n2ncnc2N1. The Morgan fingerprint density at radius 3 is 2.55 bits per heavy atom.